The zero-order chi connectivity index (χ0) is 4.99. The van der Waals surface area contributed by atoms with E-state index < -0.39 is 0 Å². The Morgan fingerprint density at radius 3 is 2.14 bits per heavy atom. The molecule has 0 aromatic heterocycles. The smallest absolute Gasteiger partial charge is 0.0623 e. The van der Waals surface area contributed by atoms with Crippen molar-refractivity contribution < 1.29 is 0 Å². The first kappa shape index (κ1) is 10.0. The molecule has 0 bridgehead atoms. The normalized spacial score (nSPS) is 11.0. The van der Waals surface area contributed by atoms with Gasteiger partial charge in [-0.25, -0.2) is 0 Å². The van der Waals surface area contributed by atoms with E-state index in [-0.39, 0.29) is 7.43 Å². The molecule has 0 amide bonds. The van der Waals surface area contributed by atoms with Crippen molar-refractivity contribution in [2.24, 2.45) is 0 Å². The van der Waals surface area contributed by atoms with Crippen molar-refractivity contribution in [3.05, 3.63) is 0 Å². The molecule has 0 rings (SSSR count). The van der Waals surface area contributed by atoms with Crippen LogP contribution in [0.3, 0.4) is 0 Å². The van der Waals surface area contributed by atoms with Gasteiger partial charge in [-0.3, -0.25) is 0 Å². The van der Waals surface area contributed by atoms with Gasteiger partial charge in [0, 0.05) is 0 Å². The highest BCUT2D eigenvalue weighted by Crippen LogP contribution is 2.00. The fourth-order valence-corrected chi connectivity index (χ4v) is 0.204. The third-order valence-corrected chi connectivity index (χ3v) is 1.43. The Balaban J connectivity index is 0. The van der Waals surface area contributed by atoms with E-state index in [2.05, 4.69) is 5.92 Å². The van der Waals surface area contributed by atoms with E-state index in [1.807, 2.05) is 13.2 Å². The molecular formula is C6H12S. The van der Waals surface area contributed by atoms with Gasteiger partial charge in [-0.05, 0) is 13.2 Å². The topological polar surface area (TPSA) is 0 Å². The van der Waals surface area contributed by atoms with Crippen LogP contribution in [0.5, 0.6) is 0 Å². The number of thioether (sulfide) groups is 1. The average molecular weight is 116 g/mol. The summed E-state index contributed by atoms with van der Waals surface area (Å²) in [6.07, 6.45) is 7.02. The lowest BCUT2D eigenvalue weighted by molar-refractivity contribution is 1.31. The van der Waals surface area contributed by atoms with Crippen LogP contribution in [-0.4, -0.2) is 11.5 Å². The summed E-state index contributed by atoms with van der Waals surface area (Å²) in [5.41, 5.74) is 0. The minimum Gasteiger partial charge on any atom is -0.149 e. The second-order valence-corrected chi connectivity index (χ2v) is 2.22. The minimum absolute atomic E-state index is 0. The first-order chi connectivity index (χ1) is 2.81. The van der Waals surface area contributed by atoms with Crippen molar-refractivity contribution in [1.29, 1.82) is 0 Å². The molecule has 0 aromatic rings. The summed E-state index contributed by atoms with van der Waals surface area (Å²) in [5, 5.41) is 0.380. The van der Waals surface area contributed by atoms with Gasteiger partial charge in [-0.1, -0.05) is 13.3 Å². The van der Waals surface area contributed by atoms with E-state index in [4.69, 9.17) is 6.42 Å². The lowest BCUT2D eigenvalue weighted by Crippen LogP contribution is -1.84. The lowest BCUT2D eigenvalue weighted by atomic mass is 10.5. The number of terminal acetylenes is 1. The molecule has 0 aliphatic rings. The van der Waals surface area contributed by atoms with Crippen molar-refractivity contribution >= 4 is 11.8 Å². The van der Waals surface area contributed by atoms with Gasteiger partial charge >= 0.3 is 0 Å². The summed E-state index contributed by atoms with van der Waals surface area (Å²) in [5.74, 6) is 2.58. The molecule has 0 aliphatic heterocycles. The highest BCUT2D eigenvalue weighted by atomic mass is 32.2. The molecule has 1 heteroatoms. The Bertz CT molecular complexity index is 61.1. The molecule has 7 heavy (non-hydrogen) atoms. The molecule has 0 nitrogen and oxygen atoms in total. The summed E-state index contributed by atoms with van der Waals surface area (Å²) in [7, 11) is 0. The maximum absolute atomic E-state index is 5.01. The predicted octanol–water partition coefficient (Wildman–Crippen LogP) is 2.01. The van der Waals surface area contributed by atoms with Crippen LogP contribution >= 0.6 is 11.8 Å². The van der Waals surface area contributed by atoms with Crippen LogP contribution in [0.25, 0.3) is 0 Å². The van der Waals surface area contributed by atoms with E-state index >= 15 is 0 Å². The van der Waals surface area contributed by atoms with Gasteiger partial charge < -0.3 is 0 Å². The molecule has 42 valence electrons. The van der Waals surface area contributed by atoms with E-state index in [1.54, 1.807) is 11.8 Å². The second kappa shape index (κ2) is 5.91. The van der Waals surface area contributed by atoms with Crippen molar-refractivity contribution in [2.75, 3.05) is 6.26 Å². The number of hydrogen-bond donors (Lipinski definition) is 0. The number of rotatable bonds is 1. The molecule has 1 atom stereocenters. The Labute approximate surface area is 50.7 Å². The highest BCUT2D eigenvalue weighted by molar-refractivity contribution is 7.99. The number of hydrogen-bond acceptors (Lipinski definition) is 1. The predicted molar refractivity (Wildman–Crippen MR) is 38.5 cm³/mol. The molecule has 0 aromatic carbocycles. The maximum Gasteiger partial charge on any atom is 0.0623 e. The summed E-state index contributed by atoms with van der Waals surface area (Å²) in [6.45, 7) is 2.00. The second-order valence-electron chi connectivity index (χ2n) is 1.04. The highest BCUT2D eigenvalue weighted by Gasteiger charge is 1.85. The largest absolute Gasteiger partial charge is 0.149 e. The standard InChI is InChI=1S/C5H8S.CH4/c1-4-5(2)6-3;/h1,5H,2-3H3;1H4. The molecule has 0 N–H and O–H groups in total. The van der Waals surface area contributed by atoms with Gasteiger partial charge in [0.1, 0.15) is 0 Å². The summed E-state index contributed by atoms with van der Waals surface area (Å²) in [4.78, 5) is 0. The van der Waals surface area contributed by atoms with Crippen molar-refractivity contribution in [2.45, 2.75) is 19.6 Å². The molecule has 0 saturated heterocycles. The Hall–Kier alpha value is -0.0900. The Morgan fingerprint density at radius 1 is 1.71 bits per heavy atom. The van der Waals surface area contributed by atoms with Crippen molar-refractivity contribution in [3.63, 3.8) is 0 Å². The molecule has 0 fully saturated rings. The van der Waals surface area contributed by atoms with Crippen LogP contribution in [0.4, 0.5) is 0 Å². The summed E-state index contributed by atoms with van der Waals surface area (Å²) in [6, 6.07) is 0. The van der Waals surface area contributed by atoms with Crippen LogP contribution in [0.1, 0.15) is 14.4 Å². The minimum atomic E-state index is 0. The summed E-state index contributed by atoms with van der Waals surface area (Å²) < 4.78 is 0. The van der Waals surface area contributed by atoms with Gasteiger partial charge in [0.05, 0.1) is 5.25 Å². The van der Waals surface area contributed by atoms with Gasteiger partial charge in [-0.2, -0.15) is 0 Å². The van der Waals surface area contributed by atoms with Gasteiger partial charge in [0.15, 0.2) is 0 Å². The fraction of sp³-hybridized carbons (Fsp3) is 0.667. The molecular weight excluding hydrogens is 104 g/mol. The third kappa shape index (κ3) is 5.91. The van der Waals surface area contributed by atoms with Crippen LogP contribution < -0.4 is 0 Å². The van der Waals surface area contributed by atoms with Crippen LogP contribution in [0, 0.1) is 12.3 Å². The van der Waals surface area contributed by atoms with E-state index in [9.17, 15) is 0 Å². The quantitative estimate of drug-likeness (QED) is 0.472. The van der Waals surface area contributed by atoms with Crippen LogP contribution in [0.15, 0.2) is 0 Å². The maximum atomic E-state index is 5.01. The Morgan fingerprint density at radius 2 is 2.14 bits per heavy atom. The monoisotopic (exact) mass is 116 g/mol. The zero-order valence-corrected chi connectivity index (χ0v) is 4.88. The lowest BCUT2D eigenvalue weighted by Gasteiger charge is -1.90. The zero-order valence-electron chi connectivity index (χ0n) is 4.06. The van der Waals surface area contributed by atoms with E-state index in [1.165, 1.54) is 0 Å². The fourth-order valence-electron chi connectivity index (χ4n) is 0.0680. The van der Waals surface area contributed by atoms with Gasteiger partial charge in [0.2, 0.25) is 0 Å². The van der Waals surface area contributed by atoms with Crippen molar-refractivity contribution in [1.82, 2.24) is 0 Å². The first-order valence-electron chi connectivity index (χ1n) is 1.80. The molecule has 0 aliphatic carbocycles. The van der Waals surface area contributed by atoms with E-state index in [0.29, 0.717) is 5.25 Å². The molecule has 0 radical (unpaired) electrons. The molecule has 1 unspecified atom stereocenters. The SMILES string of the molecule is C.C#CC(C)SC. The summed E-state index contributed by atoms with van der Waals surface area (Å²) >= 11 is 1.69. The Kier molecular flexibility index (Phi) is 8.45. The average Bonchev–Trinajstić information content (AvgIpc) is 1.65. The van der Waals surface area contributed by atoms with E-state index in [0.717, 1.165) is 0 Å². The molecule has 0 spiro atoms. The molecule has 0 heterocycles. The van der Waals surface area contributed by atoms with Crippen LogP contribution in [-0.2, 0) is 0 Å². The molecule has 0 saturated carbocycles. The van der Waals surface area contributed by atoms with Gasteiger partial charge in [0.25, 0.3) is 0 Å². The van der Waals surface area contributed by atoms with Gasteiger partial charge in [-0.15, -0.1) is 18.2 Å². The first-order valence-corrected chi connectivity index (χ1v) is 3.09. The van der Waals surface area contributed by atoms with Crippen LogP contribution in [0.2, 0.25) is 0 Å². The van der Waals surface area contributed by atoms with Crippen molar-refractivity contribution in [3.8, 4) is 12.3 Å². The third-order valence-electron chi connectivity index (χ3n) is 0.588.